The van der Waals surface area contributed by atoms with Gasteiger partial charge in [-0.1, -0.05) is 11.6 Å². The van der Waals surface area contributed by atoms with Crippen LogP contribution in [0.2, 0.25) is 5.15 Å². The number of halogens is 1. The monoisotopic (exact) mass is 248 g/mol. The summed E-state index contributed by atoms with van der Waals surface area (Å²) in [5, 5.41) is 7.55. The summed E-state index contributed by atoms with van der Waals surface area (Å²) in [6, 6.07) is 4.98. The lowest BCUT2D eigenvalue weighted by molar-refractivity contribution is 0.0992. The van der Waals surface area contributed by atoms with Gasteiger partial charge < -0.3 is 4.90 Å². The molecule has 1 amide bonds. The number of anilines is 1. The van der Waals surface area contributed by atoms with Crippen molar-refractivity contribution in [3.05, 3.63) is 47.5 Å². The molecule has 86 valence electrons. The summed E-state index contributed by atoms with van der Waals surface area (Å²) in [7, 11) is 1.64. The van der Waals surface area contributed by atoms with Crippen molar-refractivity contribution >= 4 is 23.2 Å². The first-order valence-corrected chi connectivity index (χ1v) is 5.23. The molecule has 0 unspecified atom stereocenters. The van der Waals surface area contributed by atoms with Crippen molar-refractivity contribution < 1.29 is 4.79 Å². The van der Waals surface area contributed by atoms with Gasteiger partial charge in [0.15, 0.2) is 0 Å². The van der Waals surface area contributed by atoms with Gasteiger partial charge in [0, 0.05) is 13.2 Å². The number of carbonyl (C=O) groups excluding carboxylic acids is 1. The van der Waals surface area contributed by atoms with Crippen molar-refractivity contribution in [3.8, 4) is 0 Å². The number of rotatable bonds is 2. The fraction of sp³-hybridized carbons (Fsp3) is 0.0909. The topological polar surface area (TPSA) is 59.0 Å². The highest BCUT2D eigenvalue weighted by molar-refractivity contribution is 6.33. The summed E-state index contributed by atoms with van der Waals surface area (Å²) in [6.07, 6.45) is 4.55. The molecular weight excluding hydrogens is 240 g/mol. The van der Waals surface area contributed by atoms with Crippen molar-refractivity contribution in [1.82, 2.24) is 15.2 Å². The SMILES string of the molecule is CN(C(=O)c1cccnc1Cl)c1ccnnc1. The fourth-order valence-corrected chi connectivity index (χ4v) is 1.53. The maximum atomic E-state index is 12.1. The lowest BCUT2D eigenvalue weighted by Crippen LogP contribution is -2.26. The molecule has 0 aromatic carbocycles. The van der Waals surface area contributed by atoms with Crippen LogP contribution in [0, 0.1) is 0 Å². The van der Waals surface area contributed by atoms with Crippen molar-refractivity contribution in [2.45, 2.75) is 0 Å². The van der Waals surface area contributed by atoms with Gasteiger partial charge in [0.1, 0.15) is 5.15 Å². The quantitative estimate of drug-likeness (QED) is 0.761. The van der Waals surface area contributed by atoms with Gasteiger partial charge in [-0.3, -0.25) is 4.79 Å². The first-order valence-electron chi connectivity index (χ1n) is 4.85. The van der Waals surface area contributed by atoms with Gasteiger partial charge in [-0.15, -0.1) is 0 Å². The van der Waals surface area contributed by atoms with E-state index >= 15 is 0 Å². The van der Waals surface area contributed by atoms with Crippen molar-refractivity contribution in [2.24, 2.45) is 0 Å². The Morgan fingerprint density at radius 2 is 2.12 bits per heavy atom. The van der Waals surface area contributed by atoms with Gasteiger partial charge in [0.05, 0.1) is 23.6 Å². The van der Waals surface area contributed by atoms with Crippen molar-refractivity contribution in [3.63, 3.8) is 0 Å². The third kappa shape index (κ3) is 2.39. The standard InChI is InChI=1S/C11H9ClN4O/c1-16(8-4-6-14-15-7-8)11(17)9-3-2-5-13-10(9)12/h2-7H,1H3. The highest BCUT2D eigenvalue weighted by Crippen LogP contribution is 2.17. The maximum Gasteiger partial charge on any atom is 0.261 e. The predicted octanol–water partition coefficient (Wildman–Crippen LogP) is 1.80. The van der Waals surface area contributed by atoms with Gasteiger partial charge in [-0.25, -0.2) is 4.98 Å². The number of hydrogen-bond acceptors (Lipinski definition) is 4. The Kier molecular flexibility index (Phi) is 3.30. The van der Waals surface area contributed by atoms with E-state index < -0.39 is 0 Å². The molecule has 0 aliphatic carbocycles. The molecule has 0 saturated carbocycles. The largest absolute Gasteiger partial charge is 0.310 e. The molecule has 2 aromatic rings. The molecular formula is C11H9ClN4O. The third-order valence-corrected chi connectivity index (χ3v) is 2.55. The molecule has 2 heterocycles. The zero-order valence-electron chi connectivity index (χ0n) is 9.04. The van der Waals surface area contributed by atoms with Crippen molar-refractivity contribution in [1.29, 1.82) is 0 Å². The van der Waals surface area contributed by atoms with Crippen LogP contribution >= 0.6 is 11.6 Å². The number of carbonyl (C=O) groups is 1. The van der Waals surface area contributed by atoms with Crippen molar-refractivity contribution in [2.75, 3.05) is 11.9 Å². The molecule has 0 saturated heterocycles. The second-order valence-corrected chi connectivity index (χ2v) is 3.66. The lowest BCUT2D eigenvalue weighted by atomic mass is 10.2. The lowest BCUT2D eigenvalue weighted by Gasteiger charge is -2.16. The molecule has 0 bridgehead atoms. The van der Waals surface area contributed by atoms with Crippen LogP contribution in [-0.4, -0.2) is 28.1 Å². The second-order valence-electron chi connectivity index (χ2n) is 3.31. The Bertz CT molecular complexity index is 532. The fourth-order valence-electron chi connectivity index (χ4n) is 1.33. The summed E-state index contributed by atoms with van der Waals surface area (Å²) in [4.78, 5) is 17.4. The van der Waals surface area contributed by atoms with E-state index in [4.69, 9.17) is 11.6 Å². The van der Waals surface area contributed by atoms with Gasteiger partial charge >= 0.3 is 0 Å². The van der Waals surface area contributed by atoms with Crippen LogP contribution in [0.25, 0.3) is 0 Å². The smallest absolute Gasteiger partial charge is 0.261 e. The van der Waals surface area contributed by atoms with Crippen LogP contribution in [0.15, 0.2) is 36.8 Å². The maximum absolute atomic E-state index is 12.1. The van der Waals surface area contributed by atoms with Crippen LogP contribution < -0.4 is 4.90 Å². The second kappa shape index (κ2) is 4.88. The zero-order chi connectivity index (χ0) is 12.3. The van der Waals surface area contributed by atoms with E-state index in [2.05, 4.69) is 15.2 Å². The highest BCUT2D eigenvalue weighted by Gasteiger charge is 2.16. The first-order chi connectivity index (χ1) is 8.20. The van der Waals surface area contributed by atoms with Crippen LogP contribution in [-0.2, 0) is 0 Å². The Morgan fingerprint density at radius 3 is 2.76 bits per heavy atom. The summed E-state index contributed by atoms with van der Waals surface area (Å²) in [6.45, 7) is 0. The summed E-state index contributed by atoms with van der Waals surface area (Å²) in [5.41, 5.74) is 0.999. The summed E-state index contributed by atoms with van der Waals surface area (Å²) < 4.78 is 0. The molecule has 0 fully saturated rings. The third-order valence-electron chi connectivity index (χ3n) is 2.25. The molecule has 5 nitrogen and oxygen atoms in total. The van der Waals surface area contributed by atoms with E-state index in [1.54, 1.807) is 25.2 Å². The molecule has 0 spiro atoms. The molecule has 17 heavy (non-hydrogen) atoms. The Labute approximate surface area is 103 Å². The minimum absolute atomic E-state index is 0.186. The Balaban J connectivity index is 2.30. The van der Waals surface area contributed by atoms with E-state index in [0.29, 0.717) is 11.3 Å². The highest BCUT2D eigenvalue weighted by atomic mass is 35.5. The minimum Gasteiger partial charge on any atom is -0.310 e. The average Bonchev–Trinajstić information content (AvgIpc) is 2.39. The van der Waals surface area contributed by atoms with E-state index in [1.807, 2.05) is 0 Å². The van der Waals surface area contributed by atoms with Gasteiger partial charge in [0.25, 0.3) is 5.91 Å². The summed E-state index contributed by atoms with van der Waals surface area (Å²) in [5.74, 6) is -0.240. The first kappa shape index (κ1) is 11.5. The Hall–Kier alpha value is -2.01. The number of aromatic nitrogens is 3. The molecule has 6 heteroatoms. The van der Waals surface area contributed by atoms with Gasteiger partial charge in [-0.2, -0.15) is 10.2 Å². The van der Waals surface area contributed by atoms with Crippen LogP contribution in [0.1, 0.15) is 10.4 Å². The zero-order valence-corrected chi connectivity index (χ0v) is 9.80. The number of nitrogens with zero attached hydrogens (tertiary/aromatic N) is 4. The molecule has 0 aliphatic rings. The molecule has 0 aliphatic heterocycles. The molecule has 0 N–H and O–H groups in total. The number of hydrogen-bond donors (Lipinski definition) is 0. The molecule has 2 rings (SSSR count). The normalized spacial score (nSPS) is 10.0. The van der Waals surface area contributed by atoms with Crippen LogP contribution in [0.4, 0.5) is 5.69 Å². The molecule has 2 aromatic heterocycles. The predicted molar refractivity (Wildman–Crippen MR) is 64.0 cm³/mol. The van der Waals surface area contributed by atoms with Crippen LogP contribution in [0.3, 0.4) is 0 Å². The minimum atomic E-state index is -0.240. The summed E-state index contributed by atoms with van der Waals surface area (Å²) >= 11 is 5.86. The number of amides is 1. The van der Waals surface area contributed by atoms with Gasteiger partial charge in [0.2, 0.25) is 0 Å². The van der Waals surface area contributed by atoms with E-state index in [0.717, 1.165) is 0 Å². The van der Waals surface area contributed by atoms with E-state index in [1.165, 1.54) is 23.5 Å². The van der Waals surface area contributed by atoms with E-state index in [-0.39, 0.29) is 11.1 Å². The van der Waals surface area contributed by atoms with Crippen LogP contribution in [0.5, 0.6) is 0 Å². The molecule has 0 atom stereocenters. The van der Waals surface area contributed by atoms with Gasteiger partial charge in [-0.05, 0) is 18.2 Å². The molecule has 0 radical (unpaired) electrons. The average molecular weight is 249 g/mol. The van der Waals surface area contributed by atoms with E-state index in [9.17, 15) is 4.79 Å². The number of pyridine rings is 1. The Morgan fingerprint density at radius 1 is 1.29 bits per heavy atom.